The molecule has 0 fully saturated rings. The summed E-state index contributed by atoms with van der Waals surface area (Å²) in [6.07, 6.45) is 1.11. The molecule has 0 atom stereocenters. The molecule has 0 aliphatic heterocycles. The molecule has 0 aromatic heterocycles. The van der Waals surface area contributed by atoms with Crippen molar-refractivity contribution in [2.45, 2.75) is 27.2 Å². The maximum atomic E-state index is 5.63. The van der Waals surface area contributed by atoms with Crippen molar-refractivity contribution < 1.29 is 4.74 Å². The first-order valence-electron chi connectivity index (χ1n) is 5.04. The van der Waals surface area contributed by atoms with Gasteiger partial charge in [0.05, 0.1) is 6.61 Å². The number of benzene rings is 1. The quantitative estimate of drug-likeness (QED) is 0.692. The van der Waals surface area contributed by atoms with Gasteiger partial charge in [0.25, 0.3) is 0 Å². The molecule has 0 heterocycles. The predicted molar refractivity (Wildman–Crippen MR) is 64.1 cm³/mol. The van der Waals surface area contributed by atoms with Crippen LogP contribution in [0.2, 0.25) is 0 Å². The van der Waals surface area contributed by atoms with E-state index in [9.17, 15) is 0 Å². The fraction of sp³-hybridized carbons (Fsp3) is 0.500. The van der Waals surface area contributed by atoms with Crippen LogP contribution in [0.5, 0.6) is 5.75 Å². The number of rotatable bonds is 4. The third-order valence-electron chi connectivity index (χ3n) is 2.16. The van der Waals surface area contributed by atoms with Gasteiger partial charge in [0.2, 0.25) is 0 Å². The Morgan fingerprint density at radius 1 is 1.36 bits per heavy atom. The van der Waals surface area contributed by atoms with Crippen molar-refractivity contribution in [1.29, 1.82) is 0 Å². The molecule has 0 aliphatic rings. The number of aryl methyl sites for hydroxylation is 1. The average Bonchev–Trinajstić information content (AvgIpc) is 2.10. The first kappa shape index (κ1) is 11.5. The summed E-state index contributed by atoms with van der Waals surface area (Å²) in [5.41, 5.74) is 1.21. The molecule has 1 aromatic rings. The highest BCUT2D eigenvalue weighted by atomic mass is 31.0. The summed E-state index contributed by atoms with van der Waals surface area (Å²) in [7, 11) is 3.52. The third-order valence-corrected chi connectivity index (χ3v) is 2.72. The summed E-state index contributed by atoms with van der Waals surface area (Å²) in [5, 5.41) is 1.13. The van der Waals surface area contributed by atoms with Gasteiger partial charge in [0, 0.05) is 0 Å². The Balaban J connectivity index is 2.47. The summed E-state index contributed by atoms with van der Waals surface area (Å²) in [4.78, 5) is 0. The van der Waals surface area contributed by atoms with Gasteiger partial charge in [0.1, 0.15) is 5.75 Å². The minimum atomic E-state index is 0.700. The highest BCUT2D eigenvalue weighted by Gasteiger charge is 1.96. The third kappa shape index (κ3) is 3.67. The Labute approximate surface area is 89.1 Å². The van der Waals surface area contributed by atoms with Gasteiger partial charge in [-0.15, -0.1) is 0 Å². The van der Waals surface area contributed by atoms with E-state index in [2.05, 4.69) is 36.1 Å². The topological polar surface area (TPSA) is 9.23 Å². The summed E-state index contributed by atoms with van der Waals surface area (Å²) in [5.74, 6) is 1.66. The van der Waals surface area contributed by atoms with Crippen LogP contribution in [0.1, 0.15) is 25.8 Å². The fourth-order valence-corrected chi connectivity index (χ4v) is 1.29. The van der Waals surface area contributed by atoms with E-state index in [1.54, 1.807) is 0 Å². The van der Waals surface area contributed by atoms with Crippen molar-refractivity contribution >= 4 is 14.5 Å². The lowest BCUT2D eigenvalue weighted by atomic mass is 10.1. The molecule has 0 amide bonds. The largest absolute Gasteiger partial charge is 0.524 e. The second-order valence-electron chi connectivity index (χ2n) is 4.01. The molecule has 0 aliphatic carbocycles. The standard InChI is InChI=1S/C12H18OP/c1-9(2)6-7-13-11-4-5-12(14)10(3)8-11/h4-5,8-9,14H,6-7H2,1-3H3/q-1. The fourth-order valence-electron chi connectivity index (χ4n) is 1.14. The van der Waals surface area contributed by atoms with Crippen molar-refractivity contribution in [2.24, 2.45) is 5.92 Å². The van der Waals surface area contributed by atoms with Gasteiger partial charge in [-0.3, -0.25) is 0 Å². The van der Waals surface area contributed by atoms with Gasteiger partial charge in [-0.2, -0.15) is 0 Å². The van der Waals surface area contributed by atoms with Crippen LogP contribution < -0.4 is 10.0 Å². The zero-order valence-corrected chi connectivity index (χ0v) is 10.1. The molecule has 14 heavy (non-hydrogen) atoms. The van der Waals surface area contributed by atoms with E-state index in [0.29, 0.717) is 5.92 Å². The molecular formula is C12H18OP-. The summed E-state index contributed by atoms with van der Waals surface area (Å²) in [6.45, 7) is 7.28. The molecule has 0 spiro atoms. The van der Waals surface area contributed by atoms with Crippen molar-refractivity contribution in [2.75, 3.05) is 6.61 Å². The van der Waals surface area contributed by atoms with E-state index in [4.69, 9.17) is 4.74 Å². The van der Waals surface area contributed by atoms with Gasteiger partial charge in [-0.25, -0.2) is 5.30 Å². The smallest absolute Gasteiger partial charge is 0.119 e. The van der Waals surface area contributed by atoms with Crippen molar-refractivity contribution in [3.8, 4) is 5.75 Å². The molecule has 0 unspecified atom stereocenters. The maximum absolute atomic E-state index is 5.63. The Morgan fingerprint density at radius 3 is 2.64 bits per heavy atom. The Hall–Kier alpha value is -0.550. The first-order valence-corrected chi connectivity index (χ1v) is 5.54. The number of hydrogen-bond acceptors (Lipinski definition) is 1. The molecule has 1 aromatic carbocycles. The van der Waals surface area contributed by atoms with E-state index in [1.165, 1.54) is 5.56 Å². The van der Waals surface area contributed by atoms with E-state index >= 15 is 0 Å². The van der Waals surface area contributed by atoms with Crippen LogP contribution in [0.15, 0.2) is 18.2 Å². The van der Waals surface area contributed by atoms with Crippen LogP contribution in [-0.4, -0.2) is 6.61 Å². The SMILES string of the molecule is Cc1cc(OCCC(C)C)ccc1[PH-]. The first-order chi connectivity index (χ1) is 6.59. The number of ether oxygens (including phenoxy) is 1. The van der Waals surface area contributed by atoms with Crippen molar-refractivity contribution in [3.05, 3.63) is 23.8 Å². The van der Waals surface area contributed by atoms with Crippen LogP contribution >= 0.6 is 9.24 Å². The minimum Gasteiger partial charge on any atom is -0.524 e. The minimum absolute atomic E-state index is 0.700. The molecule has 0 radical (unpaired) electrons. The predicted octanol–water partition coefficient (Wildman–Crippen LogP) is 3.19. The molecule has 1 nitrogen and oxygen atoms in total. The van der Waals surface area contributed by atoms with Crippen LogP contribution in [-0.2, 0) is 0 Å². The highest BCUT2D eigenvalue weighted by molar-refractivity contribution is 7.27. The summed E-state index contributed by atoms with van der Waals surface area (Å²) >= 11 is 0. The molecule has 0 saturated heterocycles. The van der Waals surface area contributed by atoms with E-state index in [1.807, 2.05) is 12.1 Å². The Bertz CT molecular complexity index is 294. The Morgan fingerprint density at radius 2 is 2.07 bits per heavy atom. The van der Waals surface area contributed by atoms with Crippen LogP contribution in [0.25, 0.3) is 0 Å². The van der Waals surface area contributed by atoms with E-state index < -0.39 is 0 Å². The van der Waals surface area contributed by atoms with Gasteiger partial charge in [0.15, 0.2) is 0 Å². The highest BCUT2D eigenvalue weighted by Crippen LogP contribution is 2.13. The molecule has 78 valence electrons. The monoisotopic (exact) mass is 209 g/mol. The average molecular weight is 209 g/mol. The normalized spacial score (nSPS) is 10.6. The van der Waals surface area contributed by atoms with Crippen LogP contribution in [0.4, 0.5) is 0 Å². The second kappa shape index (κ2) is 5.36. The summed E-state index contributed by atoms with van der Waals surface area (Å²) in [6, 6.07) is 6.08. The van der Waals surface area contributed by atoms with Crippen LogP contribution in [0.3, 0.4) is 0 Å². The Kier molecular flexibility index (Phi) is 4.41. The molecule has 0 N–H and O–H groups in total. The second-order valence-corrected chi connectivity index (χ2v) is 4.55. The van der Waals surface area contributed by atoms with Gasteiger partial charge in [-0.1, -0.05) is 25.5 Å². The molecule has 2 heteroatoms. The zero-order valence-electron chi connectivity index (χ0n) is 9.13. The van der Waals surface area contributed by atoms with Gasteiger partial charge in [-0.05, 0) is 31.4 Å². The molecular weight excluding hydrogens is 191 g/mol. The summed E-state index contributed by atoms with van der Waals surface area (Å²) < 4.78 is 5.63. The lowest BCUT2D eigenvalue weighted by Gasteiger charge is -2.12. The van der Waals surface area contributed by atoms with Gasteiger partial charge >= 0.3 is 0 Å². The molecule has 0 saturated carbocycles. The van der Waals surface area contributed by atoms with Gasteiger partial charge < -0.3 is 14.0 Å². The van der Waals surface area contributed by atoms with Crippen molar-refractivity contribution in [3.63, 3.8) is 0 Å². The number of hydrogen-bond donors (Lipinski definition) is 0. The molecule has 1 rings (SSSR count). The lowest BCUT2D eigenvalue weighted by Crippen LogP contribution is -2.03. The van der Waals surface area contributed by atoms with E-state index in [0.717, 1.165) is 24.1 Å². The molecule has 0 bridgehead atoms. The van der Waals surface area contributed by atoms with Crippen LogP contribution in [0, 0.1) is 12.8 Å². The zero-order chi connectivity index (χ0) is 10.6. The lowest BCUT2D eigenvalue weighted by molar-refractivity contribution is 0.289. The van der Waals surface area contributed by atoms with E-state index in [-0.39, 0.29) is 0 Å². The van der Waals surface area contributed by atoms with Crippen molar-refractivity contribution in [1.82, 2.24) is 0 Å². The maximum Gasteiger partial charge on any atom is 0.119 e.